The number of pyridine rings is 1. The fourth-order valence-electron chi connectivity index (χ4n) is 3.12. The summed E-state index contributed by atoms with van der Waals surface area (Å²) in [5.74, 6) is 0.564. The number of fused-ring (bicyclic) bond motifs is 1. The number of hydrogen-bond acceptors (Lipinski definition) is 4. The van der Waals surface area contributed by atoms with Crippen LogP contribution in [0, 0.1) is 6.92 Å². The van der Waals surface area contributed by atoms with E-state index >= 15 is 0 Å². The third kappa shape index (κ3) is 3.57. The van der Waals surface area contributed by atoms with Gasteiger partial charge in [0.05, 0.1) is 17.6 Å². The molecule has 2 aromatic carbocycles. The predicted molar refractivity (Wildman–Crippen MR) is 108 cm³/mol. The number of aromatic nitrogens is 3. The number of ether oxygens (including phenoxy) is 1. The van der Waals surface area contributed by atoms with Crippen molar-refractivity contribution in [3.05, 3.63) is 83.7 Å². The van der Waals surface area contributed by atoms with Crippen molar-refractivity contribution in [2.45, 2.75) is 13.5 Å². The molecular weight excluding hydrogens is 352 g/mol. The Bertz CT molecular complexity index is 1140. The maximum Gasteiger partial charge on any atom is 0.256 e. The van der Waals surface area contributed by atoms with Crippen LogP contribution in [0.25, 0.3) is 11.0 Å². The summed E-state index contributed by atoms with van der Waals surface area (Å²) >= 11 is 0. The highest BCUT2D eigenvalue weighted by atomic mass is 16.5. The molecule has 0 unspecified atom stereocenters. The largest absolute Gasteiger partial charge is 0.489 e. The zero-order valence-corrected chi connectivity index (χ0v) is 15.7. The van der Waals surface area contributed by atoms with Gasteiger partial charge in [0.1, 0.15) is 12.4 Å². The normalized spacial score (nSPS) is 10.8. The summed E-state index contributed by atoms with van der Waals surface area (Å²) in [5, 5.41) is 8.21. The van der Waals surface area contributed by atoms with Crippen molar-refractivity contribution in [2.24, 2.45) is 7.05 Å². The molecule has 6 heteroatoms. The van der Waals surface area contributed by atoms with Crippen molar-refractivity contribution in [1.82, 2.24) is 14.8 Å². The maximum atomic E-state index is 12.9. The first-order chi connectivity index (χ1) is 13.6. The van der Waals surface area contributed by atoms with E-state index in [0.717, 1.165) is 28.0 Å². The lowest BCUT2D eigenvalue weighted by Gasteiger charge is -2.11. The highest BCUT2D eigenvalue weighted by Gasteiger charge is 2.13. The number of hydrogen-bond donors (Lipinski definition) is 1. The lowest BCUT2D eigenvalue weighted by atomic mass is 10.1. The maximum absolute atomic E-state index is 12.9. The highest BCUT2D eigenvalue weighted by Crippen LogP contribution is 2.21. The molecule has 28 heavy (non-hydrogen) atoms. The van der Waals surface area contributed by atoms with Gasteiger partial charge in [0.25, 0.3) is 5.91 Å². The average molecular weight is 372 g/mol. The van der Waals surface area contributed by atoms with Crippen LogP contribution in [-0.2, 0) is 13.7 Å². The Labute approximate surface area is 162 Å². The molecule has 1 N–H and O–H groups in total. The Morgan fingerprint density at radius 2 is 1.86 bits per heavy atom. The number of carbonyl (C=O) groups excluding carboxylic acids is 1. The molecule has 4 aromatic rings. The van der Waals surface area contributed by atoms with Crippen molar-refractivity contribution in [1.29, 1.82) is 0 Å². The Kier molecular flexibility index (Phi) is 4.76. The first-order valence-electron chi connectivity index (χ1n) is 8.98. The summed E-state index contributed by atoms with van der Waals surface area (Å²) in [7, 11) is 1.85. The van der Waals surface area contributed by atoms with E-state index in [1.165, 1.54) is 0 Å². The summed E-state index contributed by atoms with van der Waals surface area (Å²) < 4.78 is 7.53. The lowest BCUT2D eigenvalue weighted by molar-refractivity contribution is 0.102. The Morgan fingerprint density at radius 1 is 1.11 bits per heavy atom. The number of nitrogens with zero attached hydrogens (tertiary/aromatic N) is 3. The molecule has 0 aliphatic heterocycles. The number of aryl methyl sites for hydroxylation is 2. The molecule has 0 atom stereocenters. The Morgan fingerprint density at radius 3 is 2.68 bits per heavy atom. The standard InChI is InChI=1S/C22H20N4O2/c1-15-20-12-17(13-23-21(20)26(2)25-15)24-22(27)19-11-7-6-8-16(19)14-28-18-9-4-3-5-10-18/h3-13H,14H2,1-2H3,(H,24,27). The van der Waals surface area contributed by atoms with E-state index in [9.17, 15) is 4.79 Å². The first kappa shape index (κ1) is 17.7. The number of amides is 1. The molecule has 6 nitrogen and oxygen atoms in total. The number of rotatable bonds is 5. The van der Waals surface area contributed by atoms with Crippen molar-refractivity contribution in [3.8, 4) is 5.75 Å². The minimum absolute atomic E-state index is 0.199. The second-order valence-corrected chi connectivity index (χ2v) is 6.52. The molecule has 4 rings (SSSR count). The summed E-state index contributed by atoms with van der Waals surface area (Å²) in [6.07, 6.45) is 1.64. The summed E-state index contributed by atoms with van der Waals surface area (Å²) in [6, 6.07) is 18.9. The summed E-state index contributed by atoms with van der Waals surface area (Å²) in [6.45, 7) is 2.23. The minimum Gasteiger partial charge on any atom is -0.489 e. The van der Waals surface area contributed by atoms with Crippen molar-refractivity contribution >= 4 is 22.6 Å². The van der Waals surface area contributed by atoms with Crippen molar-refractivity contribution in [2.75, 3.05) is 5.32 Å². The highest BCUT2D eigenvalue weighted by molar-refractivity contribution is 6.05. The number of para-hydroxylation sites is 1. The molecule has 0 aliphatic rings. The number of carbonyl (C=O) groups is 1. The quantitative estimate of drug-likeness (QED) is 0.572. The average Bonchev–Trinajstić information content (AvgIpc) is 3.00. The van der Waals surface area contributed by atoms with Crippen LogP contribution in [0.3, 0.4) is 0 Å². The molecule has 2 aromatic heterocycles. The van der Waals surface area contributed by atoms with Crippen LogP contribution in [0.5, 0.6) is 5.75 Å². The van der Waals surface area contributed by atoms with Gasteiger partial charge in [-0.3, -0.25) is 9.48 Å². The van der Waals surface area contributed by atoms with Crippen LogP contribution in [0.15, 0.2) is 66.9 Å². The molecular formula is C22H20N4O2. The number of nitrogens with one attached hydrogen (secondary N) is 1. The van der Waals surface area contributed by atoms with Crippen LogP contribution >= 0.6 is 0 Å². The van der Waals surface area contributed by atoms with E-state index in [2.05, 4.69) is 15.4 Å². The molecule has 2 heterocycles. The molecule has 0 spiro atoms. The van der Waals surface area contributed by atoms with E-state index in [-0.39, 0.29) is 5.91 Å². The minimum atomic E-state index is -0.199. The molecule has 0 fully saturated rings. The Hall–Kier alpha value is -3.67. The molecule has 0 radical (unpaired) electrons. The predicted octanol–water partition coefficient (Wildman–Crippen LogP) is 4.11. The zero-order chi connectivity index (χ0) is 19.5. The van der Waals surface area contributed by atoms with Crippen LogP contribution in [0.2, 0.25) is 0 Å². The van der Waals surface area contributed by atoms with Gasteiger partial charge in [0.15, 0.2) is 5.65 Å². The Balaban J connectivity index is 1.54. The third-order valence-corrected chi connectivity index (χ3v) is 4.52. The van der Waals surface area contributed by atoms with Gasteiger partial charge in [0, 0.05) is 23.6 Å². The zero-order valence-electron chi connectivity index (χ0n) is 15.7. The van der Waals surface area contributed by atoms with Gasteiger partial charge in [-0.05, 0) is 31.2 Å². The molecule has 0 saturated carbocycles. The van der Waals surface area contributed by atoms with E-state index in [1.54, 1.807) is 16.9 Å². The van der Waals surface area contributed by atoms with Crippen molar-refractivity contribution < 1.29 is 9.53 Å². The van der Waals surface area contributed by atoms with E-state index < -0.39 is 0 Å². The topological polar surface area (TPSA) is 69.0 Å². The van der Waals surface area contributed by atoms with Gasteiger partial charge in [-0.25, -0.2) is 4.98 Å². The second-order valence-electron chi connectivity index (χ2n) is 6.52. The van der Waals surface area contributed by atoms with E-state index in [1.807, 2.05) is 68.6 Å². The molecule has 0 aliphatic carbocycles. The van der Waals surface area contributed by atoms with Gasteiger partial charge in [-0.1, -0.05) is 36.4 Å². The fourth-order valence-corrected chi connectivity index (χ4v) is 3.12. The van der Waals surface area contributed by atoms with Gasteiger partial charge >= 0.3 is 0 Å². The van der Waals surface area contributed by atoms with Crippen molar-refractivity contribution in [3.63, 3.8) is 0 Å². The lowest BCUT2D eigenvalue weighted by Crippen LogP contribution is -2.15. The SMILES string of the molecule is Cc1nn(C)c2ncc(NC(=O)c3ccccc3COc3ccccc3)cc12. The van der Waals surface area contributed by atoms with Crippen LogP contribution in [0.1, 0.15) is 21.6 Å². The monoisotopic (exact) mass is 372 g/mol. The van der Waals surface area contributed by atoms with Crippen LogP contribution in [-0.4, -0.2) is 20.7 Å². The fraction of sp³-hybridized carbons (Fsp3) is 0.136. The number of benzene rings is 2. The van der Waals surface area contributed by atoms with Crippen LogP contribution in [0.4, 0.5) is 5.69 Å². The van der Waals surface area contributed by atoms with Gasteiger partial charge < -0.3 is 10.1 Å². The molecule has 140 valence electrons. The summed E-state index contributed by atoms with van der Waals surface area (Å²) in [5.41, 5.74) is 3.68. The third-order valence-electron chi connectivity index (χ3n) is 4.52. The van der Waals surface area contributed by atoms with Gasteiger partial charge in [0.2, 0.25) is 0 Å². The second kappa shape index (κ2) is 7.52. The van der Waals surface area contributed by atoms with Crippen LogP contribution < -0.4 is 10.1 Å². The summed E-state index contributed by atoms with van der Waals surface area (Å²) in [4.78, 5) is 17.3. The van der Waals surface area contributed by atoms with E-state index in [0.29, 0.717) is 17.9 Å². The number of anilines is 1. The molecule has 1 amide bonds. The van der Waals surface area contributed by atoms with Gasteiger partial charge in [-0.2, -0.15) is 5.10 Å². The van der Waals surface area contributed by atoms with E-state index in [4.69, 9.17) is 4.74 Å². The first-order valence-corrected chi connectivity index (χ1v) is 8.98. The smallest absolute Gasteiger partial charge is 0.256 e. The van der Waals surface area contributed by atoms with Gasteiger partial charge in [-0.15, -0.1) is 0 Å². The molecule has 0 bridgehead atoms. The molecule has 0 saturated heterocycles.